The van der Waals surface area contributed by atoms with Crippen LogP contribution in [0.2, 0.25) is 0 Å². The number of nitrogens with one attached hydrogen (secondary N) is 1. The Balaban J connectivity index is 1.67. The van der Waals surface area contributed by atoms with Gasteiger partial charge in [-0.25, -0.2) is 0 Å². The Kier molecular flexibility index (Phi) is 5.15. The molecule has 0 radical (unpaired) electrons. The lowest BCUT2D eigenvalue weighted by molar-refractivity contribution is -0.0959. The quantitative estimate of drug-likeness (QED) is 0.875. The van der Waals surface area contributed by atoms with Crippen LogP contribution >= 0.6 is 27.7 Å². The van der Waals surface area contributed by atoms with Crippen molar-refractivity contribution < 1.29 is 9.47 Å². The molecule has 1 spiro atoms. The number of ether oxygens (including phenoxy) is 2. The number of rotatable bonds is 4. The second-order valence-electron chi connectivity index (χ2n) is 5.85. The van der Waals surface area contributed by atoms with Crippen LogP contribution in [0.5, 0.6) is 5.75 Å². The Hall–Kier alpha value is -0.230. The summed E-state index contributed by atoms with van der Waals surface area (Å²) in [5, 5.41) is 3.19. The first-order valence-corrected chi connectivity index (χ1v) is 9.47. The van der Waals surface area contributed by atoms with Crippen molar-refractivity contribution in [1.29, 1.82) is 0 Å². The van der Waals surface area contributed by atoms with Crippen molar-refractivity contribution in [3.8, 4) is 5.75 Å². The molecule has 0 amide bonds. The molecule has 3 rings (SSSR count). The van der Waals surface area contributed by atoms with Gasteiger partial charge < -0.3 is 14.8 Å². The first kappa shape index (κ1) is 15.7. The Labute approximate surface area is 139 Å². The lowest BCUT2D eigenvalue weighted by Gasteiger charge is -2.37. The monoisotopic (exact) mass is 371 g/mol. The van der Waals surface area contributed by atoms with Crippen molar-refractivity contribution in [2.75, 3.05) is 25.2 Å². The summed E-state index contributed by atoms with van der Waals surface area (Å²) in [6.07, 6.45) is 3.46. The predicted octanol–water partition coefficient (Wildman–Crippen LogP) is 3.60. The van der Waals surface area contributed by atoms with E-state index in [-0.39, 0.29) is 11.7 Å². The molecule has 2 aliphatic rings. The highest BCUT2D eigenvalue weighted by Crippen LogP contribution is 2.39. The minimum atomic E-state index is 0.0801. The summed E-state index contributed by atoms with van der Waals surface area (Å²) in [6, 6.07) is 6.25. The van der Waals surface area contributed by atoms with Gasteiger partial charge in [0.2, 0.25) is 0 Å². The van der Waals surface area contributed by atoms with Gasteiger partial charge in [0, 0.05) is 29.6 Å². The van der Waals surface area contributed by atoms with Crippen LogP contribution in [-0.2, 0) is 11.3 Å². The van der Waals surface area contributed by atoms with E-state index in [2.05, 4.69) is 39.4 Å². The molecule has 2 unspecified atom stereocenters. The predicted molar refractivity (Wildman–Crippen MR) is 91.2 cm³/mol. The van der Waals surface area contributed by atoms with Gasteiger partial charge in [0.15, 0.2) is 0 Å². The van der Waals surface area contributed by atoms with E-state index < -0.39 is 0 Å². The van der Waals surface area contributed by atoms with Gasteiger partial charge in [0.05, 0.1) is 12.2 Å². The second kappa shape index (κ2) is 6.90. The molecule has 0 aromatic heterocycles. The van der Waals surface area contributed by atoms with E-state index in [1.165, 1.54) is 17.7 Å². The molecule has 21 heavy (non-hydrogen) atoms. The zero-order chi connectivity index (χ0) is 14.7. The summed E-state index contributed by atoms with van der Waals surface area (Å²) in [6.45, 7) is 1.66. The Morgan fingerprint density at radius 3 is 3.19 bits per heavy atom. The van der Waals surface area contributed by atoms with Crippen LogP contribution in [0, 0.1) is 0 Å². The van der Waals surface area contributed by atoms with Gasteiger partial charge in [-0.15, -0.1) is 0 Å². The van der Waals surface area contributed by atoms with E-state index in [1.54, 1.807) is 0 Å². The van der Waals surface area contributed by atoms with Crippen molar-refractivity contribution >= 4 is 27.7 Å². The van der Waals surface area contributed by atoms with Gasteiger partial charge in [-0.1, -0.05) is 15.9 Å². The van der Waals surface area contributed by atoms with Crippen LogP contribution in [-0.4, -0.2) is 36.9 Å². The van der Waals surface area contributed by atoms with Gasteiger partial charge in [-0.3, -0.25) is 0 Å². The largest absolute Gasteiger partial charge is 0.490 e. The standard InChI is InChI=1S/C16H22BrNO2S/c1-18-10-12-8-13(2-3-15(12)17)20-14-4-6-19-16(9-14)5-7-21-11-16/h2-3,8,14,18H,4-7,9-11H2,1H3. The minimum Gasteiger partial charge on any atom is -0.490 e. The molecule has 2 aliphatic heterocycles. The molecule has 1 N–H and O–H groups in total. The van der Waals surface area contributed by atoms with Crippen molar-refractivity contribution in [3.05, 3.63) is 28.2 Å². The van der Waals surface area contributed by atoms with Crippen LogP contribution in [0.25, 0.3) is 0 Å². The average Bonchev–Trinajstić information content (AvgIpc) is 2.91. The number of benzene rings is 1. The normalized spacial score (nSPS) is 29.0. The van der Waals surface area contributed by atoms with Crippen LogP contribution in [0.4, 0.5) is 0 Å². The fraction of sp³-hybridized carbons (Fsp3) is 0.625. The first-order chi connectivity index (χ1) is 10.2. The molecule has 3 nitrogen and oxygen atoms in total. The maximum absolute atomic E-state index is 6.25. The summed E-state index contributed by atoms with van der Waals surface area (Å²) in [5.74, 6) is 3.31. The highest BCUT2D eigenvalue weighted by atomic mass is 79.9. The molecule has 0 aliphatic carbocycles. The molecule has 2 atom stereocenters. The fourth-order valence-electron chi connectivity index (χ4n) is 3.09. The number of halogens is 1. The topological polar surface area (TPSA) is 30.5 Å². The molecular formula is C16H22BrNO2S. The highest BCUT2D eigenvalue weighted by Gasteiger charge is 2.41. The molecule has 0 bridgehead atoms. The lowest BCUT2D eigenvalue weighted by Crippen LogP contribution is -2.43. The third-order valence-corrected chi connectivity index (χ3v) is 6.20. The van der Waals surface area contributed by atoms with Crippen molar-refractivity contribution in [1.82, 2.24) is 5.32 Å². The Morgan fingerprint density at radius 1 is 1.52 bits per heavy atom. The molecule has 2 saturated heterocycles. The van der Waals surface area contributed by atoms with Crippen molar-refractivity contribution in [3.63, 3.8) is 0 Å². The summed E-state index contributed by atoms with van der Waals surface area (Å²) < 4.78 is 13.4. The average molecular weight is 372 g/mol. The molecule has 1 aromatic carbocycles. The zero-order valence-electron chi connectivity index (χ0n) is 12.4. The summed E-state index contributed by atoms with van der Waals surface area (Å²) in [7, 11) is 1.96. The number of hydrogen-bond donors (Lipinski definition) is 1. The van der Waals surface area contributed by atoms with Crippen molar-refractivity contribution in [2.24, 2.45) is 0 Å². The molecule has 2 heterocycles. The van der Waals surface area contributed by atoms with E-state index in [1.807, 2.05) is 18.8 Å². The van der Waals surface area contributed by atoms with E-state index in [9.17, 15) is 0 Å². The van der Waals surface area contributed by atoms with Crippen LogP contribution in [0.1, 0.15) is 24.8 Å². The summed E-state index contributed by atoms with van der Waals surface area (Å²) >= 11 is 5.59. The number of hydrogen-bond acceptors (Lipinski definition) is 4. The summed E-state index contributed by atoms with van der Waals surface area (Å²) in [5.41, 5.74) is 1.31. The maximum Gasteiger partial charge on any atom is 0.120 e. The van der Waals surface area contributed by atoms with Gasteiger partial charge >= 0.3 is 0 Å². The summed E-state index contributed by atoms with van der Waals surface area (Å²) in [4.78, 5) is 0. The minimum absolute atomic E-state index is 0.0801. The van der Waals surface area contributed by atoms with E-state index in [0.29, 0.717) is 0 Å². The van der Waals surface area contributed by atoms with Gasteiger partial charge in [0.1, 0.15) is 11.9 Å². The fourth-order valence-corrected chi connectivity index (χ4v) is 4.85. The SMILES string of the molecule is CNCc1cc(OC2CCOC3(CCSC3)C2)ccc1Br. The van der Waals surface area contributed by atoms with Crippen molar-refractivity contribution in [2.45, 2.75) is 37.5 Å². The molecule has 1 aromatic rings. The highest BCUT2D eigenvalue weighted by molar-refractivity contribution is 9.10. The van der Waals surface area contributed by atoms with E-state index in [4.69, 9.17) is 9.47 Å². The van der Waals surface area contributed by atoms with Crippen LogP contribution in [0.15, 0.2) is 22.7 Å². The number of thioether (sulfide) groups is 1. The Bertz CT molecular complexity index is 491. The Morgan fingerprint density at radius 2 is 2.43 bits per heavy atom. The smallest absolute Gasteiger partial charge is 0.120 e. The van der Waals surface area contributed by atoms with Crippen LogP contribution in [0.3, 0.4) is 0 Å². The van der Waals surface area contributed by atoms with Crippen LogP contribution < -0.4 is 10.1 Å². The molecule has 5 heteroatoms. The van der Waals surface area contributed by atoms with Gasteiger partial charge in [0.25, 0.3) is 0 Å². The van der Waals surface area contributed by atoms with Gasteiger partial charge in [-0.05, 0) is 43.0 Å². The van der Waals surface area contributed by atoms with E-state index in [0.717, 1.165) is 42.0 Å². The lowest BCUT2D eigenvalue weighted by atomic mass is 9.91. The van der Waals surface area contributed by atoms with E-state index >= 15 is 0 Å². The molecule has 0 saturated carbocycles. The third kappa shape index (κ3) is 3.76. The molecule has 116 valence electrons. The zero-order valence-corrected chi connectivity index (χ0v) is 14.8. The molecular weight excluding hydrogens is 350 g/mol. The second-order valence-corrected chi connectivity index (χ2v) is 7.81. The maximum atomic E-state index is 6.25. The third-order valence-electron chi connectivity index (χ3n) is 4.20. The first-order valence-electron chi connectivity index (χ1n) is 7.52. The molecule has 2 fully saturated rings. The van der Waals surface area contributed by atoms with Gasteiger partial charge in [-0.2, -0.15) is 11.8 Å².